The zero-order valence-corrected chi connectivity index (χ0v) is 12.0. The van der Waals surface area contributed by atoms with Gasteiger partial charge in [-0.25, -0.2) is 4.98 Å². The highest BCUT2D eigenvalue weighted by Gasteiger charge is 2.22. The SMILES string of the molecule is CCN1CCCC1CNc1ccc2cc(N)ccc2n1. The maximum absolute atomic E-state index is 5.78. The van der Waals surface area contributed by atoms with Gasteiger partial charge in [0.1, 0.15) is 5.82 Å². The first-order valence-corrected chi connectivity index (χ1v) is 7.40. The summed E-state index contributed by atoms with van der Waals surface area (Å²) < 4.78 is 0. The molecule has 0 amide bonds. The highest BCUT2D eigenvalue weighted by atomic mass is 15.2. The summed E-state index contributed by atoms with van der Waals surface area (Å²) >= 11 is 0. The van der Waals surface area contributed by atoms with Gasteiger partial charge in [0.2, 0.25) is 0 Å². The van der Waals surface area contributed by atoms with Crippen molar-refractivity contribution in [1.82, 2.24) is 9.88 Å². The number of benzene rings is 1. The number of hydrogen-bond donors (Lipinski definition) is 2. The number of fused-ring (bicyclic) bond motifs is 1. The lowest BCUT2D eigenvalue weighted by Gasteiger charge is -2.23. The van der Waals surface area contributed by atoms with Crippen LogP contribution in [0.3, 0.4) is 0 Å². The summed E-state index contributed by atoms with van der Waals surface area (Å²) in [7, 11) is 0. The van der Waals surface area contributed by atoms with Gasteiger partial charge in [0.05, 0.1) is 5.52 Å². The highest BCUT2D eigenvalue weighted by molar-refractivity contribution is 5.83. The van der Waals surface area contributed by atoms with E-state index in [0.717, 1.165) is 35.5 Å². The molecule has 0 bridgehead atoms. The Morgan fingerprint density at radius 1 is 1.35 bits per heavy atom. The van der Waals surface area contributed by atoms with E-state index in [9.17, 15) is 0 Å². The predicted octanol–water partition coefficient (Wildman–Crippen LogP) is 2.71. The van der Waals surface area contributed by atoms with Crippen molar-refractivity contribution in [2.45, 2.75) is 25.8 Å². The van der Waals surface area contributed by atoms with Gasteiger partial charge >= 0.3 is 0 Å². The fraction of sp³-hybridized carbons (Fsp3) is 0.438. The first kappa shape index (κ1) is 13.2. The molecule has 2 heterocycles. The van der Waals surface area contributed by atoms with E-state index in [0.29, 0.717) is 6.04 Å². The molecule has 4 nitrogen and oxygen atoms in total. The Bertz CT molecular complexity index is 596. The number of nitrogens with two attached hydrogens (primary N) is 1. The molecule has 20 heavy (non-hydrogen) atoms. The van der Waals surface area contributed by atoms with Gasteiger partial charge in [0.15, 0.2) is 0 Å². The van der Waals surface area contributed by atoms with Crippen LogP contribution in [0.25, 0.3) is 10.9 Å². The van der Waals surface area contributed by atoms with E-state index >= 15 is 0 Å². The van der Waals surface area contributed by atoms with Crippen molar-refractivity contribution in [3.05, 3.63) is 30.3 Å². The zero-order chi connectivity index (χ0) is 13.9. The molecule has 1 unspecified atom stereocenters. The van der Waals surface area contributed by atoms with Crippen LogP contribution in [-0.4, -0.2) is 35.6 Å². The Morgan fingerprint density at radius 3 is 3.10 bits per heavy atom. The van der Waals surface area contributed by atoms with Gasteiger partial charge < -0.3 is 11.1 Å². The van der Waals surface area contributed by atoms with Crippen LogP contribution in [0.15, 0.2) is 30.3 Å². The van der Waals surface area contributed by atoms with E-state index in [1.165, 1.54) is 19.4 Å². The topological polar surface area (TPSA) is 54.2 Å². The molecule has 1 aromatic carbocycles. The van der Waals surface area contributed by atoms with Crippen LogP contribution in [0.4, 0.5) is 11.5 Å². The van der Waals surface area contributed by atoms with Gasteiger partial charge in [-0.3, -0.25) is 4.90 Å². The summed E-state index contributed by atoms with van der Waals surface area (Å²) in [5, 5.41) is 4.56. The monoisotopic (exact) mass is 270 g/mol. The van der Waals surface area contributed by atoms with Crippen LogP contribution < -0.4 is 11.1 Å². The standard InChI is InChI=1S/C16H22N4/c1-2-20-9-3-4-14(20)11-18-16-8-5-12-10-13(17)6-7-15(12)19-16/h5-8,10,14H,2-4,9,11,17H2,1H3,(H,18,19). The van der Waals surface area contributed by atoms with E-state index < -0.39 is 0 Å². The highest BCUT2D eigenvalue weighted by Crippen LogP contribution is 2.20. The van der Waals surface area contributed by atoms with Crippen LogP contribution in [0.2, 0.25) is 0 Å². The second kappa shape index (κ2) is 5.67. The minimum absolute atomic E-state index is 0.643. The van der Waals surface area contributed by atoms with Gasteiger partial charge in [0.25, 0.3) is 0 Å². The maximum atomic E-state index is 5.78. The number of likely N-dealkylation sites (N-methyl/N-ethyl adjacent to an activating group) is 1. The zero-order valence-electron chi connectivity index (χ0n) is 12.0. The first-order chi connectivity index (χ1) is 9.76. The summed E-state index contributed by atoms with van der Waals surface area (Å²) in [6.45, 7) is 5.57. The molecule has 1 aromatic heterocycles. The van der Waals surface area contributed by atoms with Crippen LogP contribution in [0.1, 0.15) is 19.8 Å². The third-order valence-electron chi connectivity index (χ3n) is 4.14. The molecular weight excluding hydrogens is 248 g/mol. The molecule has 1 aliphatic rings. The second-order valence-corrected chi connectivity index (χ2v) is 5.45. The number of anilines is 2. The van der Waals surface area contributed by atoms with Crippen LogP contribution >= 0.6 is 0 Å². The van der Waals surface area contributed by atoms with Crippen molar-refractivity contribution < 1.29 is 0 Å². The molecule has 1 fully saturated rings. The van der Waals surface area contributed by atoms with Gasteiger partial charge in [0, 0.05) is 23.7 Å². The second-order valence-electron chi connectivity index (χ2n) is 5.45. The Balaban J connectivity index is 1.70. The quantitative estimate of drug-likeness (QED) is 0.839. The Labute approximate surface area is 120 Å². The lowest BCUT2D eigenvalue weighted by atomic mass is 10.2. The number of aromatic nitrogens is 1. The lowest BCUT2D eigenvalue weighted by Crippen LogP contribution is -2.34. The first-order valence-electron chi connectivity index (χ1n) is 7.40. The summed E-state index contributed by atoms with van der Waals surface area (Å²) in [6, 6.07) is 10.6. The summed E-state index contributed by atoms with van der Waals surface area (Å²) in [6.07, 6.45) is 2.59. The van der Waals surface area contributed by atoms with Crippen LogP contribution in [0.5, 0.6) is 0 Å². The van der Waals surface area contributed by atoms with Crippen molar-refractivity contribution in [1.29, 1.82) is 0 Å². The molecular formula is C16H22N4. The summed E-state index contributed by atoms with van der Waals surface area (Å²) in [5.74, 6) is 0.949. The number of rotatable bonds is 4. The normalized spacial score (nSPS) is 19.6. The molecule has 1 aliphatic heterocycles. The minimum atomic E-state index is 0.643. The molecule has 106 valence electrons. The third-order valence-corrected chi connectivity index (χ3v) is 4.14. The van der Waals surface area contributed by atoms with Gasteiger partial charge in [-0.1, -0.05) is 6.92 Å². The number of nitrogens with zero attached hydrogens (tertiary/aromatic N) is 2. The molecule has 0 radical (unpaired) electrons. The van der Waals surface area contributed by atoms with Crippen molar-refractivity contribution in [2.75, 3.05) is 30.7 Å². The smallest absolute Gasteiger partial charge is 0.126 e. The average molecular weight is 270 g/mol. The van der Waals surface area contributed by atoms with Crippen molar-refractivity contribution in [2.24, 2.45) is 0 Å². The summed E-state index contributed by atoms with van der Waals surface area (Å²) in [5.41, 5.74) is 7.56. The fourth-order valence-electron chi connectivity index (χ4n) is 3.01. The molecule has 2 aromatic rings. The minimum Gasteiger partial charge on any atom is -0.399 e. The molecule has 0 saturated carbocycles. The van der Waals surface area contributed by atoms with E-state index in [2.05, 4.69) is 28.2 Å². The van der Waals surface area contributed by atoms with Crippen molar-refractivity contribution >= 4 is 22.4 Å². The third kappa shape index (κ3) is 2.70. The van der Waals surface area contributed by atoms with Crippen molar-refractivity contribution in [3.8, 4) is 0 Å². The molecule has 0 spiro atoms. The lowest BCUT2D eigenvalue weighted by molar-refractivity contribution is 0.277. The van der Waals surface area contributed by atoms with E-state index in [-0.39, 0.29) is 0 Å². The number of hydrogen-bond acceptors (Lipinski definition) is 4. The average Bonchev–Trinajstić information content (AvgIpc) is 2.92. The number of nitrogens with one attached hydrogen (secondary N) is 1. The number of likely N-dealkylation sites (tertiary alicyclic amines) is 1. The number of pyridine rings is 1. The Hall–Kier alpha value is -1.81. The Kier molecular flexibility index (Phi) is 3.74. The van der Waals surface area contributed by atoms with Crippen LogP contribution in [-0.2, 0) is 0 Å². The molecule has 3 rings (SSSR count). The van der Waals surface area contributed by atoms with Crippen molar-refractivity contribution in [3.63, 3.8) is 0 Å². The summed E-state index contributed by atoms with van der Waals surface area (Å²) in [4.78, 5) is 7.18. The fourth-order valence-corrected chi connectivity index (χ4v) is 3.01. The molecule has 1 saturated heterocycles. The molecule has 1 atom stereocenters. The van der Waals surface area contributed by atoms with E-state index in [1.54, 1.807) is 0 Å². The molecule has 4 heteroatoms. The van der Waals surface area contributed by atoms with Gasteiger partial charge in [-0.2, -0.15) is 0 Å². The van der Waals surface area contributed by atoms with Crippen LogP contribution in [0, 0.1) is 0 Å². The predicted molar refractivity (Wildman–Crippen MR) is 84.9 cm³/mol. The van der Waals surface area contributed by atoms with E-state index in [4.69, 9.17) is 5.73 Å². The van der Waals surface area contributed by atoms with E-state index in [1.807, 2.05) is 24.3 Å². The van der Waals surface area contributed by atoms with Gasteiger partial charge in [-0.15, -0.1) is 0 Å². The number of nitrogen functional groups attached to an aromatic ring is 1. The Morgan fingerprint density at radius 2 is 2.25 bits per heavy atom. The molecule has 0 aliphatic carbocycles. The largest absolute Gasteiger partial charge is 0.399 e. The maximum Gasteiger partial charge on any atom is 0.126 e. The van der Waals surface area contributed by atoms with Gasteiger partial charge in [-0.05, 0) is 56.3 Å². The molecule has 3 N–H and O–H groups in total.